The Morgan fingerprint density at radius 1 is 0.102 bits per heavy atom. The van der Waals surface area contributed by atoms with Gasteiger partial charge in [0.15, 0.2) is 0 Å². The summed E-state index contributed by atoms with van der Waals surface area (Å²) in [7, 11) is 0. The van der Waals surface area contributed by atoms with Crippen molar-refractivity contribution in [1.82, 2.24) is 66.4 Å². The summed E-state index contributed by atoms with van der Waals surface area (Å²) in [4.78, 5) is 32.2. The van der Waals surface area contributed by atoms with E-state index in [0.717, 1.165) is 190 Å². The molecule has 14 aromatic carbocycles. The van der Waals surface area contributed by atoms with Gasteiger partial charge in [0.1, 0.15) is 46.5 Å². The Kier molecular flexibility index (Phi) is 15.5. The lowest BCUT2D eigenvalue weighted by molar-refractivity contribution is 1.01. The van der Waals surface area contributed by atoms with Gasteiger partial charge >= 0.3 is 0 Å². The minimum Gasteiger partial charge on any atom is -0.294 e. The number of fused-ring (bicyclic) bond motifs is 24. The van der Waals surface area contributed by atoms with Gasteiger partial charge in [-0.2, -0.15) is 0 Å². The summed E-state index contributed by atoms with van der Waals surface area (Å²) in [5.74, 6) is 6.84. The lowest BCUT2D eigenvalue weighted by Crippen LogP contribution is -2.03. The molecule has 0 aliphatic rings. The Balaban J connectivity index is 0.000000135. The summed E-state index contributed by atoms with van der Waals surface area (Å²) >= 11 is 0. The normalized spacial score (nSPS) is 12.1. The van der Waals surface area contributed by atoms with Gasteiger partial charge < -0.3 is 0 Å². The topological polar surface area (TPSA) is 117 Å². The lowest BCUT2D eigenvalue weighted by Gasteiger charge is -2.12. The van der Waals surface area contributed by atoms with Crippen molar-refractivity contribution in [3.8, 4) is 69.3 Å². The van der Waals surface area contributed by atoms with Crippen molar-refractivity contribution in [3.05, 3.63) is 425 Å². The molecule has 14 heteroatoms. The van der Waals surface area contributed by atoms with Crippen LogP contribution >= 0.6 is 0 Å². The molecule has 0 bridgehead atoms. The molecule has 0 aliphatic carbocycles. The third-order valence-electron chi connectivity index (χ3n) is 26.0. The van der Waals surface area contributed by atoms with Crippen LogP contribution in [-0.2, 0) is 0 Å². The first-order chi connectivity index (χ1) is 63.5. The van der Waals surface area contributed by atoms with Gasteiger partial charge in [-0.25, -0.2) is 29.9 Å². The highest BCUT2D eigenvalue weighted by molar-refractivity contribution is 6.22. The van der Waals surface area contributed by atoms with E-state index in [-0.39, 0.29) is 0 Å². The third-order valence-corrected chi connectivity index (χ3v) is 26.0. The van der Waals surface area contributed by atoms with Crippen LogP contribution in [0.3, 0.4) is 0 Å². The number of para-hydroxylation sites is 12. The van der Waals surface area contributed by atoms with Crippen LogP contribution in [0.4, 0.5) is 0 Å². The Hall–Kier alpha value is -17.6. The van der Waals surface area contributed by atoms with Crippen LogP contribution in [0.25, 0.3) is 244 Å². The SMILES string of the molecule is c1cc(-c2cccc(-n3c4ccccc4c4cc5c(cc43)c3ccccc3n5-c3cccc(-c4cccc(-n5c6ccccc6c6ccccc65)n4)n3)n2)nc(-n2c3ccccc3c3ccccc32)c1.c1cc(-n2c3ccccc3c3ccccc32)nc(-n2c3ccccc3c3cc4c(cc32)c2ccccc2n4-c2cccc(-n3c4ccccc4c4ccccc43)n2)c1. The van der Waals surface area contributed by atoms with Crippen molar-refractivity contribution in [3.63, 3.8) is 0 Å². The van der Waals surface area contributed by atoms with E-state index in [9.17, 15) is 0 Å². The number of pyridine rings is 6. The van der Waals surface area contributed by atoms with E-state index < -0.39 is 0 Å². The lowest BCUT2D eigenvalue weighted by atomic mass is 10.1. The molecule has 0 atom stereocenters. The van der Waals surface area contributed by atoms with Crippen molar-refractivity contribution in [1.29, 1.82) is 0 Å². The molecule has 596 valence electrons. The molecular weight excluding hydrogens is 1570 g/mol. The highest BCUT2D eigenvalue weighted by Crippen LogP contribution is 2.45. The van der Waals surface area contributed by atoms with E-state index >= 15 is 0 Å². The van der Waals surface area contributed by atoms with Crippen LogP contribution in [0.5, 0.6) is 0 Å². The molecule has 0 saturated heterocycles. The van der Waals surface area contributed by atoms with Gasteiger partial charge in [0.2, 0.25) is 0 Å². The molecule has 14 aromatic heterocycles. The van der Waals surface area contributed by atoms with E-state index in [1.54, 1.807) is 0 Å². The van der Waals surface area contributed by atoms with E-state index in [1.807, 2.05) is 0 Å². The zero-order valence-electron chi connectivity index (χ0n) is 68.7. The van der Waals surface area contributed by atoms with E-state index in [4.69, 9.17) is 29.9 Å². The van der Waals surface area contributed by atoms with Crippen LogP contribution in [0.1, 0.15) is 0 Å². The largest absolute Gasteiger partial charge is 0.294 e. The van der Waals surface area contributed by atoms with E-state index in [2.05, 4.69) is 461 Å². The molecule has 14 nitrogen and oxygen atoms in total. The van der Waals surface area contributed by atoms with Crippen LogP contribution in [0.2, 0.25) is 0 Å². The summed E-state index contributed by atoms with van der Waals surface area (Å²) in [5.41, 5.74) is 21.0. The molecule has 0 fully saturated rings. The highest BCUT2D eigenvalue weighted by atomic mass is 15.2. The van der Waals surface area contributed by atoms with Crippen LogP contribution in [0.15, 0.2) is 425 Å². The fourth-order valence-electron chi connectivity index (χ4n) is 20.6. The highest BCUT2D eigenvalue weighted by Gasteiger charge is 2.26. The van der Waals surface area contributed by atoms with Crippen molar-refractivity contribution in [2.24, 2.45) is 0 Å². The second kappa shape index (κ2) is 28.0. The minimum atomic E-state index is 0.796. The van der Waals surface area contributed by atoms with Gasteiger partial charge in [-0.1, -0.05) is 255 Å². The van der Waals surface area contributed by atoms with Crippen LogP contribution in [0, 0.1) is 0 Å². The summed E-state index contributed by atoms with van der Waals surface area (Å²) in [6, 6.07) is 150. The van der Waals surface area contributed by atoms with Gasteiger partial charge in [0.25, 0.3) is 0 Å². The standard InChI is InChI=1S/C62H38N8.C52H32N6/c1-7-27-51-39(17-1)40-18-2-8-28-52(40)67(51)59-33-13-23-47(63-59)49-25-15-35-61(65-49)69-55-31-11-5-21-43(55)45-38-58-46(37-57(45)69)44-22-6-12-32-56(44)70(58)62-36-16-26-50(66-62)48-24-14-34-60(64-48)68-53-29-9-3-19-41(53)42-20-4-10-30-54(42)68;1-7-21-41-33(15-1)34-16-2-8-22-42(34)55(41)49-27-13-29-51(53-49)57-45-25-11-5-19-37(45)39-32-48-40(31-47(39)57)38-20-6-12-26-46(38)58(48)52-30-14-28-50(54-52)56-43-23-9-3-17-35(43)36-18-4-10-24-44(36)56/h1-38H;1-32H. The zero-order valence-corrected chi connectivity index (χ0v) is 68.7. The van der Waals surface area contributed by atoms with Crippen molar-refractivity contribution in [2.45, 2.75) is 0 Å². The van der Waals surface area contributed by atoms with Gasteiger partial charge in [0.05, 0.1) is 111 Å². The molecule has 128 heavy (non-hydrogen) atoms. The molecule has 0 unspecified atom stereocenters. The number of aromatic nitrogens is 14. The molecule has 28 rings (SSSR count). The zero-order chi connectivity index (χ0) is 83.8. The van der Waals surface area contributed by atoms with E-state index in [0.29, 0.717) is 0 Å². The number of hydrogen-bond donors (Lipinski definition) is 0. The summed E-state index contributed by atoms with van der Waals surface area (Å²) < 4.78 is 18.3. The molecule has 14 heterocycles. The molecular formula is C114H70N14. The first-order valence-corrected chi connectivity index (χ1v) is 43.3. The Bertz CT molecular complexity index is 8770. The summed E-state index contributed by atoms with van der Waals surface area (Å²) in [5, 5.41) is 18.9. The van der Waals surface area contributed by atoms with Gasteiger partial charge in [0, 0.05) is 86.2 Å². The average molecular weight is 1640 g/mol. The van der Waals surface area contributed by atoms with Crippen LogP contribution < -0.4 is 0 Å². The third kappa shape index (κ3) is 10.7. The Labute approximate surface area is 730 Å². The first kappa shape index (κ1) is 71.0. The smallest absolute Gasteiger partial charge is 0.140 e. The van der Waals surface area contributed by atoms with Gasteiger partial charge in [-0.05, 0) is 170 Å². The Morgan fingerprint density at radius 2 is 0.227 bits per heavy atom. The predicted octanol–water partition coefficient (Wildman–Crippen LogP) is 27.9. The molecule has 0 saturated carbocycles. The molecule has 0 aliphatic heterocycles. The second-order valence-electron chi connectivity index (χ2n) is 32.9. The molecule has 0 spiro atoms. The number of benzene rings is 14. The maximum atomic E-state index is 5.44. The average Bonchev–Trinajstić information content (AvgIpc) is 1.56. The van der Waals surface area contributed by atoms with Gasteiger partial charge in [-0.3, -0.25) is 36.5 Å². The fraction of sp³-hybridized carbons (Fsp3) is 0. The molecule has 0 amide bonds. The van der Waals surface area contributed by atoms with Crippen LogP contribution in [-0.4, -0.2) is 66.4 Å². The summed E-state index contributed by atoms with van der Waals surface area (Å²) in [6.07, 6.45) is 0. The summed E-state index contributed by atoms with van der Waals surface area (Å²) in [6.45, 7) is 0. The Morgan fingerprint density at radius 3 is 0.391 bits per heavy atom. The first-order valence-electron chi connectivity index (χ1n) is 43.3. The van der Waals surface area contributed by atoms with Crippen molar-refractivity contribution in [2.75, 3.05) is 0 Å². The van der Waals surface area contributed by atoms with E-state index in [1.165, 1.54) is 53.9 Å². The monoisotopic (exact) mass is 1630 g/mol. The quantitative estimate of drug-likeness (QED) is 0.135. The number of nitrogens with zero attached hydrogens (tertiary/aromatic N) is 14. The predicted molar refractivity (Wildman–Crippen MR) is 525 cm³/mol. The molecule has 0 radical (unpaired) electrons. The molecule has 0 N–H and O–H groups in total. The second-order valence-corrected chi connectivity index (χ2v) is 32.9. The minimum absolute atomic E-state index is 0.796. The maximum Gasteiger partial charge on any atom is 0.140 e. The molecule has 28 aromatic rings. The number of rotatable bonds is 10. The van der Waals surface area contributed by atoms with Crippen molar-refractivity contribution < 1.29 is 0 Å². The van der Waals surface area contributed by atoms with Gasteiger partial charge in [-0.15, -0.1) is 0 Å². The number of hydrogen-bond acceptors (Lipinski definition) is 6. The fourth-order valence-corrected chi connectivity index (χ4v) is 20.6. The van der Waals surface area contributed by atoms with Crippen molar-refractivity contribution >= 4 is 174 Å². The maximum absolute atomic E-state index is 5.44.